The van der Waals surface area contributed by atoms with E-state index in [0.29, 0.717) is 109 Å². The molecule has 4 heterocycles. The van der Waals surface area contributed by atoms with Gasteiger partial charge in [0.15, 0.2) is 0 Å². The summed E-state index contributed by atoms with van der Waals surface area (Å²) in [6.07, 6.45) is 5.91. The van der Waals surface area contributed by atoms with E-state index >= 15 is 0 Å². The number of piperazine rings is 1. The minimum absolute atomic E-state index is 0.0617. The lowest BCUT2D eigenvalue weighted by Crippen LogP contribution is -2.54. The van der Waals surface area contributed by atoms with Crippen LogP contribution in [0, 0.1) is 12.8 Å². The van der Waals surface area contributed by atoms with Crippen molar-refractivity contribution in [2.24, 2.45) is 5.92 Å². The molecule has 0 bridgehead atoms. The maximum atomic E-state index is 14.0. The standard InChI is InChI=1S/C53H70N6O13/c1-36-44(60)31-45(61)48(49(36)72-35-37-6-3-2-4-7-37)52(65)58-33-39-11-10-38(30-40(39)34-58)32-57-17-15-56(16-18-57)19-21-68-23-25-70-27-29-71-28-26-69-24-22-67-20-14-54-42-9-5-8-41-47(42)53(66)59(51(41)64)43-12-13-46(62)55-50(43)63/h5,8-11,30-31,37,43,54,60-61H,2-4,6-7,12-29,32-35H2,1H3,(H,55,62,63). The van der Waals surface area contributed by atoms with E-state index < -0.39 is 29.7 Å². The van der Waals surface area contributed by atoms with Crippen molar-refractivity contribution in [2.75, 3.05) is 117 Å². The summed E-state index contributed by atoms with van der Waals surface area (Å²) in [6, 6.07) is 11.6. The first kappa shape index (κ1) is 52.6. The highest BCUT2D eigenvalue weighted by atomic mass is 16.6. The molecule has 390 valence electrons. The topological polar surface area (TPSA) is 218 Å². The smallest absolute Gasteiger partial charge is 0.264 e. The average Bonchev–Trinajstić information content (AvgIpc) is 3.92. The Labute approximate surface area is 421 Å². The number of rotatable bonds is 26. The van der Waals surface area contributed by atoms with Gasteiger partial charge in [0, 0.05) is 82.6 Å². The van der Waals surface area contributed by atoms with Crippen LogP contribution in [0.2, 0.25) is 0 Å². The third-order valence-corrected chi connectivity index (χ3v) is 14.1. The number of phenols is 2. The van der Waals surface area contributed by atoms with Crippen molar-refractivity contribution in [3.05, 3.63) is 81.4 Å². The number of phenolic OH excluding ortho intramolecular Hbond substituents is 2. The monoisotopic (exact) mass is 999 g/mol. The van der Waals surface area contributed by atoms with Gasteiger partial charge in [-0.3, -0.25) is 44.0 Å². The van der Waals surface area contributed by atoms with Crippen LogP contribution in [0.15, 0.2) is 42.5 Å². The fourth-order valence-electron chi connectivity index (χ4n) is 10.0. The van der Waals surface area contributed by atoms with E-state index in [1.54, 1.807) is 30.0 Å². The summed E-state index contributed by atoms with van der Waals surface area (Å²) in [5.74, 6) is -2.13. The van der Waals surface area contributed by atoms with Crippen LogP contribution in [0.4, 0.5) is 5.69 Å². The number of carbonyl (C=O) groups excluding carboxylic acids is 5. The van der Waals surface area contributed by atoms with Crippen LogP contribution in [0.5, 0.6) is 17.2 Å². The van der Waals surface area contributed by atoms with E-state index in [1.165, 1.54) is 30.9 Å². The van der Waals surface area contributed by atoms with Crippen LogP contribution in [0.1, 0.15) is 98.3 Å². The van der Waals surface area contributed by atoms with Crippen molar-refractivity contribution in [2.45, 2.75) is 77.5 Å². The summed E-state index contributed by atoms with van der Waals surface area (Å²) in [7, 11) is 0. The lowest BCUT2D eigenvalue weighted by atomic mass is 9.90. The highest BCUT2D eigenvalue weighted by Gasteiger charge is 2.45. The van der Waals surface area contributed by atoms with Crippen molar-refractivity contribution in [3.63, 3.8) is 0 Å². The maximum Gasteiger partial charge on any atom is 0.264 e. The molecule has 3 fully saturated rings. The molecule has 19 heteroatoms. The highest BCUT2D eigenvalue weighted by molar-refractivity contribution is 6.25. The van der Waals surface area contributed by atoms with Gasteiger partial charge in [-0.05, 0) is 60.9 Å². The van der Waals surface area contributed by atoms with Gasteiger partial charge < -0.3 is 48.9 Å². The molecule has 72 heavy (non-hydrogen) atoms. The minimum Gasteiger partial charge on any atom is -0.507 e. The van der Waals surface area contributed by atoms with E-state index in [4.69, 9.17) is 28.4 Å². The van der Waals surface area contributed by atoms with Gasteiger partial charge in [-0.25, -0.2) is 0 Å². The van der Waals surface area contributed by atoms with Crippen LogP contribution in [0.25, 0.3) is 0 Å². The molecule has 5 aliphatic rings. The average molecular weight is 999 g/mol. The number of amides is 5. The lowest BCUT2D eigenvalue weighted by molar-refractivity contribution is -0.136. The van der Waals surface area contributed by atoms with Crippen LogP contribution >= 0.6 is 0 Å². The van der Waals surface area contributed by atoms with E-state index in [1.807, 2.05) is 0 Å². The van der Waals surface area contributed by atoms with Crippen LogP contribution in [-0.4, -0.2) is 177 Å². The Morgan fingerprint density at radius 1 is 0.722 bits per heavy atom. The number of hydrogen-bond donors (Lipinski definition) is 4. The molecule has 4 N–H and O–H groups in total. The lowest BCUT2D eigenvalue weighted by Gasteiger charge is -2.34. The Morgan fingerprint density at radius 3 is 2.07 bits per heavy atom. The molecule has 8 rings (SSSR count). The molecule has 3 aromatic rings. The number of fused-ring (bicyclic) bond motifs is 2. The fraction of sp³-hybridized carbons (Fsp3) is 0.566. The van der Waals surface area contributed by atoms with Gasteiger partial charge in [0.05, 0.1) is 83.8 Å². The zero-order chi connectivity index (χ0) is 50.4. The largest absolute Gasteiger partial charge is 0.507 e. The molecule has 19 nitrogen and oxygen atoms in total. The quantitative estimate of drug-likeness (QED) is 0.0654. The molecule has 0 radical (unpaired) electrons. The number of aromatic hydroxyl groups is 2. The Kier molecular flexibility index (Phi) is 18.9. The molecular weight excluding hydrogens is 929 g/mol. The van der Waals surface area contributed by atoms with Crippen LogP contribution in [-0.2, 0) is 52.9 Å². The Hall–Kier alpha value is -5.67. The van der Waals surface area contributed by atoms with Crippen LogP contribution < -0.4 is 15.4 Å². The Morgan fingerprint density at radius 2 is 1.38 bits per heavy atom. The Balaban J connectivity index is 0.615. The molecule has 1 unspecified atom stereocenters. The summed E-state index contributed by atoms with van der Waals surface area (Å²) in [6.45, 7) is 13.5. The summed E-state index contributed by atoms with van der Waals surface area (Å²) >= 11 is 0. The number of benzene rings is 3. The maximum absolute atomic E-state index is 14.0. The van der Waals surface area contributed by atoms with Gasteiger partial charge in [-0.15, -0.1) is 0 Å². The summed E-state index contributed by atoms with van der Waals surface area (Å²) < 4.78 is 34.5. The first-order valence-corrected chi connectivity index (χ1v) is 25.6. The SMILES string of the molecule is Cc1c(O)cc(O)c(C(=O)N2Cc3ccc(CN4CCN(CCOCCOCCOCCOCCOCCNc5cccc6c5C(=O)N(C5CCC(=O)NC5=O)C6=O)CC4)cc3C2)c1OCC1CCCCC1. The molecular formula is C53H70N6O13. The van der Waals surface area contributed by atoms with Gasteiger partial charge >= 0.3 is 0 Å². The van der Waals surface area contributed by atoms with E-state index in [0.717, 1.165) is 68.1 Å². The molecule has 1 saturated carbocycles. The Bertz CT molecular complexity index is 2390. The molecule has 0 spiro atoms. The van der Waals surface area contributed by atoms with Crippen molar-refractivity contribution >= 4 is 35.2 Å². The molecule has 4 aliphatic heterocycles. The second kappa shape index (κ2) is 25.8. The molecule has 0 aromatic heterocycles. The summed E-state index contributed by atoms with van der Waals surface area (Å²) in [5.41, 5.74) is 4.92. The zero-order valence-electron chi connectivity index (χ0n) is 41.5. The second-order valence-corrected chi connectivity index (χ2v) is 19.1. The van der Waals surface area contributed by atoms with Gasteiger partial charge in [0.25, 0.3) is 17.7 Å². The number of anilines is 1. The highest BCUT2D eigenvalue weighted by Crippen LogP contribution is 2.41. The number of piperidine rings is 1. The van der Waals surface area contributed by atoms with Gasteiger partial charge in [-0.1, -0.05) is 43.5 Å². The van der Waals surface area contributed by atoms with Gasteiger partial charge in [0.2, 0.25) is 11.8 Å². The summed E-state index contributed by atoms with van der Waals surface area (Å²) in [5, 5.41) is 26.8. The number of imide groups is 2. The molecule has 2 saturated heterocycles. The van der Waals surface area contributed by atoms with Crippen molar-refractivity contribution in [3.8, 4) is 17.2 Å². The first-order chi connectivity index (χ1) is 35.0. The number of nitrogens with zero attached hydrogens (tertiary/aromatic N) is 4. The van der Waals surface area contributed by atoms with Gasteiger partial charge in [0.1, 0.15) is 28.9 Å². The third-order valence-electron chi connectivity index (χ3n) is 14.1. The van der Waals surface area contributed by atoms with Crippen LogP contribution in [0.3, 0.4) is 0 Å². The predicted molar refractivity (Wildman–Crippen MR) is 264 cm³/mol. The van der Waals surface area contributed by atoms with E-state index in [2.05, 4.69) is 38.6 Å². The minimum atomic E-state index is -1.02. The van der Waals surface area contributed by atoms with E-state index in [-0.39, 0.29) is 52.7 Å². The number of carbonyl (C=O) groups is 5. The molecule has 1 atom stereocenters. The normalized spacial score (nSPS) is 18.7. The molecule has 1 aliphatic carbocycles. The van der Waals surface area contributed by atoms with E-state index in [9.17, 15) is 34.2 Å². The zero-order valence-corrected chi connectivity index (χ0v) is 41.5. The second-order valence-electron chi connectivity index (χ2n) is 19.1. The summed E-state index contributed by atoms with van der Waals surface area (Å²) in [4.78, 5) is 71.7. The fourth-order valence-corrected chi connectivity index (χ4v) is 10.0. The van der Waals surface area contributed by atoms with Gasteiger partial charge in [-0.2, -0.15) is 0 Å². The van der Waals surface area contributed by atoms with Crippen molar-refractivity contribution < 1.29 is 62.6 Å². The number of nitrogens with one attached hydrogen (secondary N) is 2. The number of ether oxygens (including phenoxy) is 6. The number of hydrogen-bond acceptors (Lipinski definition) is 16. The predicted octanol–water partition coefficient (Wildman–Crippen LogP) is 4.24. The third kappa shape index (κ3) is 13.5. The first-order valence-electron chi connectivity index (χ1n) is 25.6. The molecule has 5 amide bonds. The van der Waals surface area contributed by atoms with Crippen molar-refractivity contribution in [1.82, 2.24) is 24.9 Å². The van der Waals surface area contributed by atoms with Crippen molar-refractivity contribution in [1.29, 1.82) is 0 Å². The molecule has 3 aromatic carbocycles.